The van der Waals surface area contributed by atoms with Crippen molar-refractivity contribution in [1.82, 2.24) is 0 Å². The lowest BCUT2D eigenvalue weighted by atomic mass is 10.1. The molecule has 0 aromatic heterocycles. The zero-order valence-corrected chi connectivity index (χ0v) is 12.5. The average molecular weight is 289 g/mol. The molecule has 0 amide bonds. The number of hydrogen-bond donors (Lipinski definition) is 2. The van der Waals surface area contributed by atoms with Crippen LogP contribution in [0.1, 0.15) is 22.3 Å². The molecule has 0 spiro atoms. The molecule has 3 N–H and O–H groups in total. The molecule has 20 heavy (non-hydrogen) atoms. The van der Waals surface area contributed by atoms with E-state index < -0.39 is 0 Å². The zero-order valence-electron chi connectivity index (χ0n) is 11.8. The van der Waals surface area contributed by atoms with E-state index in [0.29, 0.717) is 16.3 Å². The van der Waals surface area contributed by atoms with Gasteiger partial charge in [-0.15, -0.1) is 0 Å². The molecule has 0 atom stereocenters. The minimum Gasteiger partial charge on any atom is -0.457 e. The zero-order chi connectivity index (χ0) is 14.9. The third-order valence-electron chi connectivity index (χ3n) is 3.22. The van der Waals surface area contributed by atoms with Gasteiger partial charge in [-0.2, -0.15) is 0 Å². The molecule has 0 saturated carbocycles. The topological polar surface area (TPSA) is 59.1 Å². The summed E-state index contributed by atoms with van der Waals surface area (Å²) in [5, 5.41) is 7.82. The fourth-order valence-electron chi connectivity index (χ4n) is 2.01. The van der Waals surface area contributed by atoms with Crippen LogP contribution in [0.2, 0.25) is 5.02 Å². The second-order valence-electron chi connectivity index (χ2n) is 4.86. The smallest absolute Gasteiger partial charge is 0.130 e. The molecule has 2 aromatic carbocycles. The van der Waals surface area contributed by atoms with E-state index in [1.54, 1.807) is 18.2 Å². The first kappa shape index (κ1) is 14.4. The minimum atomic E-state index is -0.0517. The van der Waals surface area contributed by atoms with Crippen LogP contribution >= 0.6 is 11.6 Å². The molecule has 0 radical (unpaired) electrons. The molecule has 4 heteroatoms. The van der Waals surface area contributed by atoms with Crippen molar-refractivity contribution in [2.75, 3.05) is 0 Å². The highest BCUT2D eigenvalue weighted by Crippen LogP contribution is 2.30. The third kappa shape index (κ3) is 2.94. The Morgan fingerprint density at radius 3 is 2.45 bits per heavy atom. The minimum absolute atomic E-state index is 0.0517. The first-order valence-electron chi connectivity index (χ1n) is 6.28. The van der Waals surface area contributed by atoms with Crippen LogP contribution in [0.3, 0.4) is 0 Å². The summed E-state index contributed by atoms with van der Waals surface area (Å²) in [4.78, 5) is 0. The lowest BCUT2D eigenvalue weighted by Crippen LogP contribution is -2.11. The van der Waals surface area contributed by atoms with Gasteiger partial charge in [-0.1, -0.05) is 17.7 Å². The van der Waals surface area contributed by atoms with Crippen LogP contribution in [-0.2, 0) is 0 Å². The molecule has 0 aliphatic heterocycles. The summed E-state index contributed by atoms with van der Waals surface area (Å²) in [7, 11) is 0. The van der Waals surface area contributed by atoms with Crippen LogP contribution < -0.4 is 10.5 Å². The lowest BCUT2D eigenvalue weighted by molar-refractivity contribution is 0.478. The second-order valence-corrected chi connectivity index (χ2v) is 5.27. The largest absolute Gasteiger partial charge is 0.457 e. The van der Waals surface area contributed by atoms with Gasteiger partial charge in [0.15, 0.2) is 0 Å². The molecule has 0 bridgehead atoms. The fraction of sp³-hybridized carbons (Fsp3) is 0.188. The van der Waals surface area contributed by atoms with E-state index in [4.69, 9.17) is 27.5 Å². The maximum Gasteiger partial charge on any atom is 0.130 e. The van der Waals surface area contributed by atoms with Gasteiger partial charge in [0.05, 0.1) is 5.02 Å². The van der Waals surface area contributed by atoms with Crippen molar-refractivity contribution in [3.8, 4) is 11.5 Å². The molecule has 2 rings (SSSR count). The summed E-state index contributed by atoms with van der Waals surface area (Å²) in [6.45, 7) is 6.11. The van der Waals surface area contributed by atoms with Gasteiger partial charge < -0.3 is 10.5 Å². The summed E-state index contributed by atoms with van der Waals surface area (Å²) in [5.74, 6) is 1.39. The van der Waals surface area contributed by atoms with Crippen molar-refractivity contribution in [3.05, 3.63) is 57.6 Å². The Bertz CT molecular complexity index is 680. The molecule has 3 nitrogen and oxygen atoms in total. The standard InChI is InChI=1S/C16H17ClN2O/c1-9-6-10(2)11(3)15(7-9)20-12-4-5-13(16(18)19)14(17)8-12/h4-8H,1-3H3,(H3,18,19). The predicted molar refractivity (Wildman–Crippen MR) is 83.2 cm³/mol. The van der Waals surface area contributed by atoms with Crippen LogP contribution in [0.15, 0.2) is 30.3 Å². The van der Waals surface area contributed by atoms with Crippen LogP contribution in [-0.4, -0.2) is 5.84 Å². The molecule has 0 aliphatic rings. The van der Waals surface area contributed by atoms with E-state index in [9.17, 15) is 0 Å². The van der Waals surface area contributed by atoms with Gasteiger partial charge in [-0.3, -0.25) is 5.41 Å². The number of amidine groups is 1. The van der Waals surface area contributed by atoms with Crippen molar-refractivity contribution < 1.29 is 4.74 Å². The number of halogens is 1. The van der Waals surface area contributed by atoms with E-state index in [2.05, 4.69) is 13.0 Å². The van der Waals surface area contributed by atoms with Crippen molar-refractivity contribution in [1.29, 1.82) is 5.41 Å². The Morgan fingerprint density at radius 1 is 1.15 bits per heavy atom. The van der Waals surface area contributed by atoms with Gasteiger partial charge >= 0.3 is 0 Å². The van der Waals surface area contributed by atoms with E-state index in [1.807, 2.05) is 19.9 Å². The van der Waals surface area contributed by atoms with Crippen molar-refractivity contribution in [3.63, 3.8) is 0 Å². The number of nitrogens with two attached hydrogens (primary N) is 1. The second kappa shape index (κ2) is 5.55. The highest BCUT2D eigenvalue weighted by atomic mass is 35.5. The van der Waals surface area contributed by atoms with Gasteiger partial charge in [0, 0.05) is 11.6 Å². The summed E-state index contributed by atoms with van der Waals surface area (Å²) in [6, 6.07) is 9.25. The first-order valence-corrected chi connectivity index (χ1v) is 6.66. The van der Waals surface area contributed by atoms with E-state index in [-0.39, 0.29) is 5.84 Å². The summed E-state index contributed by atoms with van der Waals surface area (Å²) >= 11 is 6.09. The van der Waals surface area contributed by atoms with Gasteiger partial charge in [-0.05, 0) is 55.7 Å². The molecule has 0 heterocycles. The predicted octanol–water partition coefficient (Wildman–Crippen LogP) is 4.34. The van der Waals surface area contributed by atoms with E-state index >= 15 is 0 Å². The molecule has 0 aliphatic carbocycles. The Kier molecular flexibility index (Phi) is 4.00. The number of ether oxygens (including phenoxy) is 1. The lowest BCUT2D eigenvalue weighted by Gasteiger charge is -2.13. The van der Waals surface area contributed by atoms with Gasteiger partial charge in [-0.25, -0.2) is 0 Å². The van der Waals surface area contributed by atoms with Crippen molar-refractivity contribution in [2.24, 2.45) is 5.73 Å². The quantitative estimate of drug-likeness (QED) is 0.652. The first-order chi connectivity index (χ1) is 9.38. The van der Waals surface area contributed by atoms with E-state index in [1.165, 1.54) is 5.56 Å². The molecule has 2 aromatic rings. The van der Waals surface area contributed by atoms with Crippen molar-refractivity contribution in [2.45, 2.75) is 20.8 Å². The van der Waals surface area contributed by atoms with Crippen LogP contribution in [0, 0.1) is 26.2 Å². The Hall–Kier alpha value is -2.00. The highest BCUT2D eigenvalue weighted by molar-refractivity contribution is 6.34. The summed E-state index contributed by atoms with van der Waals surface area (Å²) < 4.78 is 5.89. The SMILES string of the molecule is Cc1cc(C)c(C)c(Oc2ccc(C(=N)N)c(Cl)c2)c1. The van der Waals surface area contributed by atoms with Gasteiger partial charge in [0.2, 0.25) is 0 Å². The summed E-state index contributed by atoms with van der Waals surface area (Å²) in [6.07, 6.45) is 0. The van der Waals surface area contributed by atoms with Crippen LogP contribution in [0.4, 0.5) is 0 Å². The fourth-order valence-corrected chi connectivity index (χ4v) is 2.28. The Balaban J connectivity index is 2.36. The molecule has 104 valence electrons. The monoisotopic (exact) mass is 288 g/mol. The van der Waals surface area contributed by atoms with Gasteiger partial charge in [0.1, 0.15) is 17.3 Å². The third-order valence-corrected chi connectivity index (χ3v) is 3.54. The molecule has 0 saturated heterocycles. The molecular formula is C16H17ClN2O. The van der Waals surface area contributed by atoms with Crippen LogP contribution in [0.25, 0.3) is 0 Å². The Morgan fingerprint density at radius 2 is 1.85 bits per heavy atom. The van der Waals surface area contributed by atoms with Crippen LogP contribution in [0.5, 0.6) is 11.5 Å². The maximum absolute atomic E-state index is 7.41. The molecular weight excluding hydrogens is 272 g/mol. The maximum atomic E-state index is 7.41. The van der Waals surface area contributed by atoms with Crippen molar-refractivity contribution >= 4 is 17.4 Å². The molecule has 0 unspecified atom stereocenters. The number of benzene rings is 2. The molecule has 0 fully saturated rings. The normalized spacial score (nSPS) is 10.4. The number of nitrogen functional groups attached to an aromatic ring is 1. The number of nitrogens with one attached hydrogen (secondary N) is 1. The number of hydrogen-bond acceptors (Lipinski definition) is 2. The average Bonchev–Trinajstić information content (AvgIpc) is 2.35. The number of rotatable bonds is 3. The highest BCUT2D eigenvalue weighted by Gasteiger charge is 2.08. The Labute approximate surface area is 123 Å². The number of aryl methyl sites for hydroxylation is 2. The van der Waals surface area contributed by atoms with E-state index in [0.717, 1.165) is 16.9 Å². The van der Waals surface area contributed by atoms with Gasteiger partial charge in [0.25, 0.3) is 0 Å². The summed E-state index contributed by atoms with van der Waals surface area (Å²) in [5.41, 5.74) is 9.38.